The topological polar surface area (TPSA) is 58.2 Å². The number of benzene rings is 1. The number of nitrogens with one attached hydrogen (secondary N) is 2. The molecular weight excluding hydrogens is 274 g/mol. The highest BCUT2D eigenvalue weighted by Gasteiger charge is 2.12. The van der Waals surface area contributed by atoms with E-state index >= 15 is 0 Å². The zero-order valence-corrected chi connectivity index (χ0v) is 11.7. The van der Waals surface area contributed by atoms with Gasteiger partial charge in [-0.1, -0.05) is 6.07 Å². The quantitative estimate of drug-likeness (QED) is 0.750. The number of hydrogen-bond donors (Lipinski definition) is 2. The molecule has 0 bridgehead atoms. The smallest absolute Gasteiger partial charge is 0.211 e. The normalized spacial score (nSPS) is 13.5. The summed E-state index contributed by atoms with van der Waals surface area (Å²) in [6.45, 7) is 2.17. The van der Waals surface area contributed by atoms with E-state index in [2.05, 4.69) is 10.0 Å². The Labute approximate surface area is 112 Å². The van der Waals surface area contributed by atoms with Crippen molar-refractivity contribution in [2.75, 3.05) is 19.3 Å². The van der Waals surface area contributed by atoms with Crippen LogP contribution in [0.4, 0.5) is 8.78 Å². The maximum atomic E-state index is 13.5. The Hall–Kier alpha value is -1.05. The second-order valence-electron chi connectivity index (χ2n) is 4.22. The summed E-state index contributed by atoms with van der Waals surface area (Å²) in [5.41, 5.74) is 0.359. The van der Waals surface area contributed by atoms with Crippen LogP contribution in [0.2, 0.25) is 0 Å². The molecule has 0 spiro atoms. The van der Waals surface area contributed by atoms with Crippen LogP contribution in [0.1, 0.15) is 24.9 Å². The molecule has 1 aromatic rings. The summed E-state index contributed by atoms with van der Waals surface area (Å²) < 4.78 is 50.8. The van der Waals surface area contributed by atoms with E-state index in [-0.39, 0.29) is 11.8 Å². The van der Waals surface area contributed by atoms with Gasteiger partial charge in [-0.2, -0.15) is 0 Å². The molecule has 0 aliphatic heterocycles. The molecule has 0 fully saturated rings. The molecule has 19 heavy (non-hydrogen) atoms. The molecular formula is C12H18F2N2O2S. The highest BCUT2D eigenvalue weighted by Crippen LogP contribution is 2.17. The van der Waals surface area contributed by atoms with Gasteiger partial charge in [-0.3, -0.25) is 0 Å². The van der Waals surface area contributed by atoms with E-state index in [9.17, 15) is 17.2 Å². The van der Waals surface area contributed by atoms with Crippen LogP contribution in [0.25, 0.3) is 0 Å². The Morgan fingerprint density at radius 3 is 2.58 bits per heavy atom. The van der Waals surface area contributed by atoms with Crippen LogP contribution < -0.4 is 10.0 Å². The fourth-order valence-corrected chi connectivity index (χ4v) is 2.37. The number of hydrogen-bond acceptors (Lipinski definition) is 3. The van der Waals surface area contributed by atoms with E-state index in [1.807, 2.05) is 0 Å². The van der Waals surface area contributed by atoms with Crippen LogP contribution in [0.15, 0.2) is 18.2 Å². The van der Waals surface area contributed by atoms with E-state index in [0.717, 1.165) is 6.07 Å². The van der Waals surface area contributed by atoms with Crippen LogP contribution >= 0.6 is 0 Å². The zero-order valence-electron chi connectivity index (χ0n) is 10.9. The van der Waals surface area contributed by atoms with Gasteiger partial charge >= 0.3 is 0 Å². The van der Waals surface area contributed by atoms with Crippen molar-refractivity contribution >= 4 is 10.0 Å². The van der Waals surface area contributed by atoms with Crippen LogP contribution in [-0.2, 0) is 10.0 Å². The van der Waals surface area contributed by atoms with Crippen molar-refractivity contribution in [2.24, 2.45) is 0 Å². The van der Waals surface area contributed by atoms with Crippen LogP contribution in [0, 0.1) is 11.6 Å². The molecule has 0 saturated heterocycles. The van der Waals surface area contributed by atoms with Crippen molar-refractivity contribution in [3.05, 3.63) is 35.4 Å². The summed E-state index contributed by atoms with van der Waals surface area (Å²) in [6, 6.07) is 3.10. The Kier molecular flexibility index (Phi) is 5.84. The molecule has 0 saturated carbocycles. The average Bonchev–Trinajstić information content (AvgIpc) is 2.34. The molecule has 0 amide bonds. The Morgan fingerprint density at radius 1 is 1.32 bits per heavy atom. The summed E-state index contributed by atoms with van der Waals surface area (Å²) in [7, 11) is -1.85. The summed E-state index contributed by atoms with van der Waals surface area (Å²) in [4.78, 5) is 0. The van der Waals surface area contributed by atoms with Crippen LogP contribution in [-0.4, -0.2) is 27.8 Å². The van der Waals surface area contributed by atoms with E-state index < -0.39 is 21.7 Å². The van der Waals surface area contributed by atoms with Gasteiger partial charge in [0, 0.05) is 17.7 Å². The summed E-state index contributed by atoms with van der Waals surface area (Å²) in [6.07, 6.45) is 0.413. The third-order valence-corrected chi connectivity index (χ3v) is 4.23. The number of sulfonamides is 1. The Morgan fingerprint density at radius 2 is 2.00 bits per heavy atom. The molecule has 108 valence electrons. The van der Waals surface area contributed by atoms with Gasteiger partial charge in [-0.15, -0.1) is 0 Å². The molecule has 0 aliphatic rings. The molecule has 0 radical (unpaired) electrons. The second kappa shape index (κ2) is 6.93. The highest BCUT2D eigenvalue weighted by atomic mass is 32.2. The minimum atomic E-state index is -3.21. The lowest BCUT2D eigenvalue weighted by Gasteiger charge is -2.15. The molecule has 1 aromatic carbocycles. The predicted octanol–water partition coefficient (Wildman–Crippen LogP) is 1.55. The summed E-state index contributed by atoms with van der Waals surface area (Å²) in [5, 5.41) is 3.00. The first-order valence-electron chi connectivity index (χ1n) is 5.95. The van der Waals surface area contributed by atoms with Gasteiger partial charge < -0.3 is 5.32 Å². The van der Waals surface area contributed by atoms with E-state index in [4.69, 9.17) is 0 Å². The van der Waals surface area contributed by atoms with Crippen molar-refractivity contribution in [2.45, 2.75) is 19.4 Å². The molecule has 0 heterocycles. The van der Waals surface area contributed by atoms with Crippen molar-refractivity contribution < 1.29 is 17.2 Å². The molecule has 4 nitrogen and oxygen atoms in total. The third kappa shape index (κ3) is 5.22. The second-order valence-corrected chi connectivity index (χ2v) is 6.26. The third-order valence-electron chi connectivity index (χ3n) is 2.78. The molecule has 0 unspecified atom stereocenters. The molecule has 2 N–H and O–H groups in total. The average molecular weight is 292 g/mol. The lowest BCUT2D eigenvalue weighted by Crippen LogP contribution is -2.26. The van der Waals surface area contributed by atoms with Crippen molar-refractivity contribution in [3.8, 4) is 0 Å². The summed E-state index contributed by atoms with van der Waals surface area (Å²) >= 11 is 0. The van der Waals surface area contributed by atoms with Crippen molar-refractivity contribution in [3.63, 3.8) is 0 Å². The van der Waals surface area contributed by atoms with Gasteiger partial charge in [0.2, 0.25) is 10.0 Å². The van der Waals surface area contributed by atoms with E-state index in [1.54, 1.807) is 6.92 Å². The molecule has 7 heteroatoms. The largest absolute Gasteiger partial charge is 0.310 e. The first-order valence-corrected chi connectivity index (χ1v) is 7.60. The molecule has 1 atom stereocenters. The van der Waals surface area contributed by atoms with Gasteiger partial charge in [0.05, 0.1) is 5.75 Å². The predicted molar refractivity (Wildman–Crippen MR) is 70.2 cm³/mol. The lowest BCUT2D eigenvalue weighted by molar-refractivity contribution is 0.515. The Balaban J connectivity index is 2.45. The first kappa shape index (κ1) is 16.0. The lowest BCUT2D eigenvalue weighted by atomic mass is 10.1. The molecule has 0 aliphatic carbocycles. The van der Waals surface area contributed by atoms with Gasteiger partial charge in [0.25, 0.3) is 0 Å². The number of rotatable bonds is 7. The molecule has 0 aromatic heterocycles. The van der Waals surface area contributed by atoms with Crippen molar-refractivity contribution in [1.82, 2.24) is 10.0 Å². The van der Waals surface area contributed by atoms with Crippen LogP contribution in [0.5, 0.6) is 0 Å². The zero-order chi connectivity index (χ0) is 14.5. The number of halogens is 2. The van der Waals surface area contributed by atoms with Gasteiger partial charge in [0.15, 0.2) is 0 Å². The Bertz CT molecular complexity index is 520. The van der Waals surface area contributed by atoms with Gasteiger partial charge in [-0.25, -0.2) is 21.9 Å². The highest BCUT2D eigenvalue weighted by molar-refractivity contribution is 7.89. The first-order chi connectivity index (χ1) is 8.85. The maximum Gasteiger partial charge on any atom is 0.211 e. The van der Waals surface area contributed by atoms with E-state index in [1.165, 1.54) is 19.2 Å². The van der Waals surface area contributed by atoms with E-state index in [0.29, 0.717) is 18.5 Å². The van der Waals surface area contributed by atoms with Crippen LogP contribution in [0.3, 0.4) is 0 Å². The fourth-order valence-electron chi connectivity index (χ4n) is 1.65. The van der Waals surface area contributed by atoms with Crippen molar-refractivity contribution in [1.29, 1.82) is 0 Å². The molecule has 1 rings (SSSR count). The minimum absolute atomic E-state index is 0.00905. The SMILES string of the molecule is CNS(=O)(=O)CCCN[C@H](C)c1ccc(F)cc1F. The van der Waals surface area contributed by atoms with Gasteiger partial charge in [0.1, 0.15) is 11.6 Å². The van der Waals surface area contributed by atoms with Gasteiger partial charge in [-0.05, 0) is 33.0 Å². The monoisotopic (exact) mass is 292 g/mol. The fraction of sp³-hybridized carbons (Fsp3) is 0.500. The summed E-state index contributed by atoms with van der Waals surface area (Å²) in [5.74, 6) is -1.22. The minimum Gasteiger partial charge on any atom is -0.310 e. The maximum absolute atomic E-state index is 13.5. The standard InChI is InChI=1S/C12H18F2N2O2S/c1-9(11-5-4-10(13)8-12(11)14)16-6-3-7-19(17,18)15-2/h4-5,8-9,15-16H,3,6-7H2,1-2H3/t9-/m1/s1.